The molecule has 8 heteroatoms. The van der Waals surface area contributed by atoms with Gasteiger partial charge in [-0.3, -0.25) is 14.5 Å². The van der Waals surface area contributed by atoms with E-state index in [2.05, 4.69) is 32.8 Å². The van der Waals surface area contributed by atoms with Gasteiger partial charge >= 0.3 is 0 Å². The fourth-order valence-corrected chi connectivity index (χ4v) is 2.54. The summed E-state index contributed by atoms with van der Waals surface area (Å²) in [6, 6.07) is 0.309. The Hall–Kier alpha value is -1.83. The molecular formula is C17H34N6O2. The second kappa shape index (κ2) is 11.7. The summed E-state index contributed by atoms with van der Waals surface area (Å²) >= 11 is 0. The van der Waals surface area contributed by atoms with E-state index in [9.17, 15) is 9.59 Å². The zero-order valence-corrected chi connectivity index (χ0v) is 16.1. The molecule has 1 rings (SSSR count). The number of guanidine groups is 1. The Morgan fingerprint density at radius 1 is 1.24 bits per heavy atom. The van der Waals surface area contributed by atoms with Crippen molar-refractivity contribution in [2.45, 2.75) is 38.6 Å². The van der Waals surface area contributed by atoms with Crippen molar-refractivity contribution in [1.29, 1.82) is 0 Å². The Morgan fingerprint density at radius 2 is 1.92 bits per heavy atom. The van der Waals surface area contributed by atoms with Crippen molar-refractivity contribution in [3.8, 4) is 0 Å². The lowest BCUT2D eigenvalue weighted by molar-refractivity contribution is -0.127. The molecule has 0 radical (unpaired) electrons. The van der Waals surface area contributed by atoms with Gasteiger partial charge in [-0.05, 0) is 19.3 Å². The number of amides is 2. The maximum Gasteiger partial charge on any atom is 0.243 e. The van der Waals surface area contributed by atoms with Gasteiger partial charge in [0.1, 0.15) is 6.54 Å². The van der Waals surface area contributed by atoms with Gasteiger partial charge in [0.25, 0.3) is 0 Å². The van der Waals surface area contributed by atoms with E-state index in [4.69, 9.17) is 0 Å². The summed E-state index contributed by atoms with van der Waals surface area (Å²) < 4.78 is 0. The molecule has 2 amide bonds. The smallest absolute Gasteiger partial charge is 0.243 e. The van der Waals surface area contributed by atoms with Gasteiger partial charge in [-0.15, -0.1) is 0 Å². The molecule has 0 aromatic carbocycles. The predicted octanol–water partition coefficient (Wildman–Crippen LogP) is -0.380. The van der Waals surface area contributed by atoms with Crippen LogP contribution in [0, 0.1) is 0 Å². The first-order valence-corrected chi connectivity index (χ1v) is 9.14. The Bertz CT molecular complexity index is 444. The van der Waals surface area contributed by atoms with E-state index in [1.807, 2.05) is 0 Å². The third-order valence-corrected chi connectivity index (χ3v) is 4.27. The minimum absolute atomic E-state index is 0.0167. The van der Waals surface area contributed by atoms with Crippen LogP contribution in [0.4, 0.5) is 0 Å². The number of rotatable bonds is 8. The van der Waals surface area contributed by atoms with Crippen LogP contribution in [0.25, 0.3) is 0 Å². The summed E-state index contributed by atoms with van der Waals surface area (Å²) in [5.74, 6) is 0.738. The summed E-state index contributed by atoms with van der Waals surface area (Å²) in [7, 11) is 5.13. The number of nitrogens with zero attached hydrogens (tertiary/aromatic N) is 3. The van der Waals surface area contributed by atoms with Crippen LogP contribution in [-0.4, -0.2) is 87.5 Å². The van der Waals surface area contributed by atoms with Crippen LogP contribution in [0.2, 0.25) is 0 Å². The van der Waals surface area contributed by atoms with Crippen molar-refractivity contribution in [3.05, 3.63) is 0 Å². The third-order valence-electron chi connectivity index (χ3n) is 4.27. The van der Waals surface area contributed by atoms with E-state index in [0.717, 1.165) is 45.3 Å². The normalized spacial score (nSPS) is 16.4. The van der Waals surface area contributed by atoms with Crippen molar-refractivity contribution in [2.24, 2.45) is 4.99 Å². The fraction of sp³-hybridized carbons (Fsp3) is 0.824. The number of unbranched alkanes of at least 4 members (excludes halogenated alkanes) is 1. The van der Waals surface area contributed by atoms with Crippen LogP contribution in [0.15, 0.2) is 4.99 Å². The SMILES string of the molecule is CCCCNC(=NCC(=O)N(C)C)NC1CCN(CC(=O)NC)CC1. The van der Waals surface area contributed by atoms with E-state index >= 15 is 0 Å². The first-order valence-electron chi connectivity index (χ1n) is 9.14. The molecule has 1 aliphatic heterocycles. The molecule has 0 aromatic rings. The average molecular weight is 354 g/mol. The van der Waals surface area contributed by atoms with Crippen molar-refractivity contribution in [2.75, 3.05) is 53.9 Å². The highest BCUT2D eigenvalue weighted by atomic mass is 16.2. The van der Waals surface area contributed by atoms with Gasteiger partial charge in [-0.1, -0.05) is 13.3 Å². The Morgan fingerprint density at radius 3 is 2.48 bits per heavy atom. The second-order valence-corrected chi connectivity index (χ2v) is 6.60. The molecule has 1 saturated heterocycles. The largest absolute Gasteiger partial charge is 0.358 e. The molecule has 0 saturated carbocycles. The summed E-state index contributed by atoms with van der Waals surface area (Å²) in [5, 5.41) is 9.40. The number of likely N-dealkylation sites (tertiary alicyclic amines) is 1. The molecule has 0 bridgehead atoms. The van der Waals surface area contributed by atoms with Crippen molar-refractivity contribution < 1.29 is 9.59 Å². The molecule has 1 aliphatic rings. The number of piperidine rings is 1. The summed E-state index contributed by atoms with van der Waals surface area (Å²) in [4.78, 5) is 31.3. The molecule has 144 valence electrons. The number of hydrogen-bond donors (Lipinski definition) is 3. The molecule has 1 fully saturated rings. The van der Waals surface area contributed by atoms with Crippen LogP contribution in [0.1, 0.15) is 32.6 Å². The van der Waals surface area contributed by atoms with Crippen LogP contribution in [0.3, 0.4) is 0 Å². The highest BCUT2D eigenvalue weighted by molar-refractivity contribution is 5.85. The van der Waals surface area contributed by atoms with E-state index in [1.54, 1.807) is 26.0 Å². The third kappa shape index (κ3) is 8.72. The number of carbonyl (C=O) groups is 2. The molecule has 0 atom stereocenters. The molecule has 3 N–H and O–H groups in total. The first kappa shape index (κ1) is 21.2. The zero-order valence-electron chi connectivity index (χ0n) is 16.1. The van der Waals surface area contributed by atoms with E-state index in [1.165, 1.54) is 0 Å². The van der Waals surface area contributed by atoms with Crippen molar-refractivity contribution >= 4 is 17.8 Å². The lowest BCUT2D eigenvalue weighted by Crippen LogP contribution is -2.50. The Balaban J connectivity index is 2.49. The molecular weight excluding hydrogens is 320 g/mol. The highest BCUT2D eigenvalue weighted by Crippen LogP contribution is 2.09. The molecule has 0 aromatic heterocycles. The monoisotopic (exact) mass is 354 g/mol. The van der Waals surface area contributed by atoms with Gasteiger partial charge in [0.2, 0.25) is 11.8 Å². The van der Waals surface area contributed by atoms with Crippen molar-refractivity contribution in [1.82, 2.24) is 25.8 Å². The van der Waals surface area contributed by atoms with Crippen molar-refractivity contribution in [3.63, 3.8) is 0 Å². The maximum absolute atomic E-state index is 11.8. The van der Waals surface area contributed by atoms with E-state index in [-0.39, 0.29) is 18.4 Å². The minimum Gasteiger partial charge on any atom is -0.358 e. The van der Waals surface area contributed by atoms with E-state index in [0.29, 0.717) is 18.5 Å². The fourth-order valence-electron chi connectivity index (χ4n) is 2.54. The number of aliphatic imine (C=N–C) groups is 1. The van der Waals surface area contributed by atoms with Gasteiger partial charge in [0.05, 0.1) is 6.54 Å². The predicted molar refractivity (Wildman–Crippen MR) is 101 cm³/mol. The standard InChI is InChI=1S/C17H34N6O2/c1-5-6-9-19-17(20-12-16(25)22(3)4)21-14-7-10-23(11-8-14)13-15(24)18-2/h14H,5-13H2,1-4H3,(H,18,24)(H2,19,20,21). The lowest BCUT2D eigenvalue weighted by Gasteiger charge is -2.32. The minimum atomic E-state index is -0.0167. The van der Waals surface area contributed by atoms with Crippen LogP contribution < -0.4 is 16.0 Å². The topological polar surface area (TPSA) is 89.1 Å². The first-order chi connectivity index (χ1) is 12.0. The van der Waals surface area contributed by atoms with Crippen LogP contribution >= 0.6 is 0 Å². The summed E-state index contributed by atoms with van der Waals surface area (Å²) in [6.07, 6.45) is 4.07. The van der Waals surface area contributed by atoms with Gasteiger partial charge in [-0.25, -0.2) is 4.99 Å². The molecule has 0 spiro atoms. The van der Waals surface area contributed by atoms with E-state index < -0.39 is 0 Å². The second-order valence-electron chi connectivity index (χ2n) is 6.60. The van der Waals surface area contributed by atoms with Crippen LogP contribution in [-0.2, 0) is 9.59 Å². The lowest BCUT2D eigenvalue weighted by atomic mass is 10.1. The molecule has 25 heavy (non-hydrogen) atoms. The number of carbonyl (C=O) groups excluding carboxylic acids is 2. The summed E-state index contributed by atoms with van der Waals surface area (Å²) in [6.45, 7) is 5.34. The van der Waals surface area contributed by atoms with Gasteiger partial charge < -0.3 is 20.9 Å². The molecule has 0 unspecified atom stereocenters. The quantitative estimate of drug-likeness (QED) is 0.314. The molecule has 1 heterocycles. The van der Waals surface area contributed by atoms with Gasteiger partial charge in [-0.2, -0.15) is 0 Å². The number of nitrogens with one attached hydrogen (secondary N) is 3. The summed E-state index contributed by atoms with van der Waals surface area (Å²) in [5.41, 5.74) is 0. The van der Waals surface area contributed by atoms with Crippen LogP contribution in [0.5, 0.6) is 0 Å². The van der Waals surface area contributed by atoms with Gasteiger partial charge in [0, 0.05) is 46.8 Å². The highest BCUT2D eigenvalue weighted by Gasteiger charge is 2.21. The van der Waals surface area contributed by atoms with Gasteiger partial charge in [0.15, 0.2) is 5.96 Å². The number of likely N-dealkylation sites (N-methyl/N-ethyl adjacent to an activating group) is 2. The average Bonchev–Trinajstić information content (AvgIpc) is 2.60. The maximum atomic E-state index is 11.8. The number of hydrogen-bond acceptors (Lipinski definition) is 4. The molecule has 0 aliphatic carbocycles. The molecule has 8 nitrogen and oxygen atoms in total. The Labute approximate surface area is 151 Å². The zero-order chi connectivity index (χ0) is 18.7. The Kier molecular flexibility index (Phi) is 9.91.